The SMILES string of the molecule is C[CH-]CCC(C)OCC(C)CCC(C)C(C)CCCC.[Re]. The van der Waals surface area contributed by atoms with E-state index in [0.29, 0.717) is 12.0 Å². The Morgan fingerprint density at radius 3 is 2.10 bits per heavy atom. The summed E-state index contributed by atoms with van der Waals surface area (Å²) in [5.74, 6) is 2.43. The van der Waals surface area contributed by atoms with Gasteiger partial charge in [-0.2, -0.15) is 13.3 Å². The second-order valence-corrected chi connectivity index (χ2v) is 6.91. The van der Waals surface area contributed by atoms with Crippen LogP contribution in [0, 0.1) is 24.2 Å². The molecule has 0 aliphatic heterocycles. The van der Waals surface area contributed by atoms with E-state index in [1.54, 1.807) is 0 Å². The van der Waals surface area contributed by atoms with Crippen LogP contribution in [0.5, 0.6) is 0 Å². The van der Waals surface area contributed by atoms with Crippen LogP contribution in [-0.2, 0) is 25.2 Å². The molecule has 0 rings (SSSR count). The van der Waals surface area contributed by atoms with Crippen molar-refractivity contribution in [2.75, 3.05) is 6.61 Å². The summed E-state index contributed by atoms with van der Waals surface area (Å²) in [5, 5.41) is 0. The molecule has 0 aliphatic rings. The van der Waals surface area contributed by atoms with Gasteiger partial charge in [0.2, 0.25) is 0 Å². The van der Waals surface area contributed by atoms with Crippen molar-refractivity contribution in [2.45, 2.75) is 92.6 Å². The number of rotatable bonds is 13. The molecule has 0 aromatic carbocycles. The van der Waals surface area contributed by atoms with Crippen molar-refractivity contribution in [1.82, 2.24) is 0 Å². The Morgan fingerprint density at radius 1 is 0.905 bits per heavy atom. The Hall–Kier alpha value is 0.622. The van der Waals surface area contributed by atoms with Gasteiger partial charge >= 0.3 is 0 Å². The van der Waals surface area contributed by atoms with Crippen molar-refractivity contribution in [3.63, 3.8) is 0 Å². The van der Waals surface area contributed by atoms with Gasteiger partial charge in [-0.1, -0.05) is 59.8 Å². The molecule has 2 heteroatoms. The minimum atomic E-state index is 0. The van der Waals surface area contributed by atoms with Crippen molar-refractivity contribution in [3.05, 3.63) is 6.42 Å². The normalized spacial score (nSPS) is 16.9. The molecule has 0 amide bonds. The first-order valence-corrected chi connectivity index (χ1v) is 8.90. The molecule has 0 saturated carbocycles. The van der Waals surface area contributed by atoms with Gasteiger partial charge in [0.05, 0.1) is 6.10 Å². The van der Waals surface area contributed by atoms with Crippen LogP contribution in [0.1, 0.15) is 86.5 Å². The molecule has 0 aromatic heterocycles. The molecule has 21 heavy (non-hydrogen) atoms. The second-order valence-electron chi connectivity index (χ2n) is 6.91. The van der Waals surface area contributed by atoms with Gasteiger partial charge in [0.25, 0.3) is 0 Å². The molecule has 4 atom stereocenters. The second kappa shape index (κ2) is 15.5. The zero-order valence-electron chi connectivity index (χ0n) is 15.3. The van der Waals surface area contributed by atoms with E-state index in [4.69, 9.17) is 4.74 Å². The Morgan fingerprint density at radius 2 is 1.52 bits per heavy atom. The van der Waals surface area contributed by atoms with Gasteiger partial charge in [0.15, 0.2) is 0 Å². The van der Waals surface area contributed by atoms with Crippen molar-refractivity contribution in [3.8, 4) is 0 Å². The first-order chi connectivity index (χ1) is 9.51. The first kappa shape index (κ1) is 23.9. The third-order valence-corrected chi connectivity index (χ3v) is 4.63. The zero-order chi connectivity index (χ0) is 15.4. The van der Waals surface area contributed by atoms with Gasteiger partial charge < -0.3 is 11.2 Å². The van der Waals surface area contributed by atoms with Crippen LogP contribution in [0.15, 0.2) is 0 Å². The fourth-order valence-corrected chi connectivity index (χ4v) is 2.54. The topological polar surface area (TPSA) is 9.23 Å². The van der Waals surface area contributed by atoms with Crippen LogP contribution >= 0.6 is 0 Å². The summed E-state index contributed by atoms with van der Waals surface area (Å²) in [7, 11) is 0. The fourth-order valence-electron chi connectivity index (χ4n) is 2.54. The van der Waals surface area contributed by atoms with Gasteiger partial charge in [-0.25, -0.2) is 0 Å². The predicted octanol–water partition coefficient (Wildman–Crippen LogP) is 6.27. The summed E-state index contributed by atoms with van der Waals surface area (Å²) < 4.78 is 5.94. The van der Waals surface area contributed by atoms with E-state index in [-0.39, 0.29) is 20.4 Å². The van der Waals surface area contributed by atoms with E-state index in [1.807, 2.05) is 0 Å². The maximum atomic E-state index is 5.94. The summed E-state index contributed by atoms with van der Waals surface area (Å²) in [4.78, 5) is 0. The Balaban J connectivity index is 0. The van der Waals surface area contributed by atoms with Gasteiger partial charge in [-0.15, -0.1) is 0 Å². The largest absolute Gasteiger partial charge is 0.378 e. The third-order valence-electron chi connectivity index (χ3n) is 4.63. The molecule has 129 valence electrons. The van der Waals surface area contributed by atoms with Crippen LogP contribution < -0.4 is 0 Å². The Labute approximate surface area is 148 Å². The average Bonchev–Trinajstić information content (AvgIpc) is 2.45. The van der Waals surface area contributed by atoms with E-state index in [1.165, 1.54) is 38.5 Å². The number of hydrogen-bond donors (Lipinski definition) is 0. The molecule has 0 bridgehead atoms. The Bertz CT molecular complexity index is 208. The number of unbranched alkanes of at least 4 members (excludes halogenated alkanes) is 2. The number of hydrogen-bond acceptors (Lipinski definition) is 1. The molecule has 0 fully saturated rings. The molecule has 0 spiro atoms. The molecule has 0 saturated heterocycles. The summed E-state index contributed by atoms with van der Waals surface area (Å²) in [6.07, 6.45) is 11.7. The molecule has 0 heterocycles. The monoisotopic (exact) mass is 470 g/mol. The molecule has 1 nitrogen and oxygen atoms in total. The molecular weight excluding hydrogens is 430 g/mol. The molecular formula is C19H39ORe-. The maximum Gasteiger partial charge on any atom is 0.0522 e. The van der Waals surface area contributed by atoms with Crippen molar-refractivity contribution < 1.29 is 25.2 Å². The quantitative estimate of drug-likeness (QED) is 0.289. The fraction of sp³-hybridized carbons (Fsp3) is 0.947. The van der Waals surface area contributed by atoms with Gasteiger partial charge in [-0.3, -0.25) is 0 Å². The van der Waals surface area contributed by atoms with Crippen LogP contribution in [0.2, 0.25) is 0 Å². The summed E-state index contributed by atoms with van der Waals surface area (Å²) in [6, 6.07) is 0. The first-order valence-electron chi connectivity index (χ1n) is 8.90. The van der Waals surface area contributed by atoms with E-state index in [9.17, 15) is 0 Å². The van der Waals surface area contributed by atoms with Crippen LogP contribution in [0.4, 0.5) is 0 Å². The predicted molar refractivity (Wildman–Crippen MR) is 90.9 cm³/mol. The average molecular weight is 470 g/mol. The van der Waals surface area contributed by atoms with Crippen LogP contribution in [0.3, 0.4) is 0 Å². The Kier molecular flexibility index (Phi) is 17.6. The van der Waals surface area contributed by atoms with Crippen LogP contribution in [0.25, 0.3) is 0 Å². The minimum absolute atomic E-state index is 0. The summed E-state index contributed by atoms with van der Waals surface area (Å²) in [5.41, 5.74) is 0. The molecule has 0 aliphatic carbocycles. The standard InChI is InChI=1S/C19H39O.Re/c1-7-9-11-17(4)18(5)14-13-16(3)15-20-19(6)12-10-8-2;/h8,16-19H,7,9-15H2,1-6H3;/q-1;. The van der Waals surface area contributed by atoms with Crippen LogP contribution in [-0.4, -0.2) is 12.7 Å². The van der Waals surface area contributed by atoms with Gasteiger partial charge in [0, 0.05) is 27.0 Å². The molecule has 1 radical (unpaired) electrons. The van der Waals surface area contributed by atoms with Crippen molar-refractivity contribution >= 4 is 0 Å². The number of ether oxygens (including phenoxy) is 1. The summed E-state index contributed by atoms with van der Waals surface area (Å²) >= 11 is 0. The van der Waals surface area contributed by atoms with Crippen molar-refractivity contribution in [1.29, 1.82) is 0 Å². The van der Waals surface area contributed by atoms with E-state index < -0.39 is 0 Å². The van der Waals surface area contributed by atoms with E-state index >= 15 is 0 Å². The molecule has 0 N–H and O–H groups in total. The smallest absolute Gasteiger partial charge is 0.0522 e. The van der Waals surface area contributed by atoms with Gasteiger partial charge in [-0.05, 0) is 31.1 Å². The van der Waals surface area contributed by atoms with E-state index in [0.717, 1.165) is 24.9 Å². The van der Waals surface area contributed by atoms with Crippen molar-refractivity contribution in [2.24, 2.45) is 17.8 Å². The maximum absolute atomic E-state index is 5.94. The summed E-state index contributed by atoms with van der Waals surface area (Å²) in [6.45, 7) is 14.7. The third kappa shape index (κ3) is 14.0. The van der Waals surface area contributed by atoms with E-state index in [2.05, 4.69) is 48.0 Å². The minimum Gasteiger partial charge on any atom is -0.378 e. The van der Waals surface area contributed by atoms with Gasteiger partial charge in [0.1, 0.15) is 0 Å². The molecule has 4 unspecified atom stereocenters. The zero-order valence-corrected chi connectivity index (χ0v) is 18.0. The molecule has 0 aromatic rings.